The van der Waals surface area contributed by atoms with E-state index < -0.39 is 0 Å². The van der Waals surface area contributed by atoms with Crippen molar-refractivity contribution in [1.29, 1.82) is 0 Å². The minimum Gasteiger partial charge on any atom is -0.369 e. The molecule has 132 valence electrons. The van der Waals surface area contributed by atoms with Gasteiger partial charge in [-0.25, -0.2) is 0 Å². The third kappa shape index (κ3) is 5.80. The zero-order valence-electron chi connectivity index (χ0n) is 14.4. The van der Waals surface area contributed by atoms with Gasteiger partial charge in [-0.1, -0.05) is 36.4 Å². The van der Waals surface area contributed by atoms with Crippen LogP contribution >= 0.6 is 11.8 Å². The van der Waals surface area contributed by atoms with E-state index in [1.807, 2.05) is 30.3 Å². The molecule has 1 aliphatic heterocycles. The largest absolute Gasteiger partial charge is 0.369 e. The molecule has 0 bridgehead atoms. The van der Waals surface area contributed by atoms with E-state index >= 15 is 0 Å². The number of para-hydroxylation sites is 1. The Kier molecular flexibility index (Phi) is 6.77. The van der Waals surface area contributed by atoms with Crippen molar-refractivity contribution in [3.05, 3.63) is 60.7 Å². The summed E-state index contributed by atoms with van der Waals surface area (Å²) in [6.07, 6.45) is 0. The standard InChI is InChI=1S/C20H25N3OS/c24-20(17-25-19-9-5-2-6-10-19)21-11-12-22-13-15-23(16-14-22)18-7-3-1-4-8-18/h1-10H,11-17H2,(H,21,24). The third-order valence-corrected chi connectivity index (χ3v) is 5.37. The highest BCUT2D eigenvalue weighted by atomic mass is 32.2. The number of carbonyl (C=O) groups excluding carboxylic acids is 1. The fraction of sp³-hybridized carbons (Fsp3) is 0.350. The quantitative estimate of drug-likeness (QED) is 0.775. The van der Waals surface area contributed by atoms with Crippen molar-refractivity contribution >= 4 is 23.4 Å². The molecule has 0 aliphatic carbocycles. The van der Waals surface area contributed by atoms with E-state index in [9.17, 15) is 4.79 Å². The second kappa shape index (κ2) is 9.49. The number of nitrogens with one attached hydrogen (secondary N) is 1. The Labute approximate surface area is 154 Å². The molecule has 0 saturated carbocycles. The molecule has 25 heavy (non-hydrogen) atoms. The van der Waals surface area contributed by atoms with Gasteiger partial charge in [0.2, 0.25) is 5.91 Å². The van der Waals surface area contributed by atoms with Crippen LogP contribution in [0.15, 0.2) is 65.6 Å². The predicted octanol–water partition coefficient (Wildman–Crippen LogP) is 2.72. The summed E-state index contributed by atoms with van der Waals surface area (Å²) in [5.41, 5.74) is 1.30. The lowest BCUT2D eigenvalue weighted by molar-refractivity contribution is -0.118. The first-order valence-corrected chi connectivity index (χ1v) is 9.77. The van der Waals surface area contributed by atoms with Crippen LogP contribution in [0.3, 0.4) is 0 Å². The molecule has 1 fully saturated rings. The summed E-state index contributed by atoms with van der Waals surface area (Å²) in [5.74, 6) is 0.586. The number of amides is 1. The van der Waals surface area contributed by atoms with E-state index in [0.717, 1.165) is 44.2 Å². The van der Waals surface area contributed by atoms with Crippen LogP contribution in [0.5, 0.6) is 0 Å². The highest BCUT2D eigenvalue weighted by Crippen LogP contribution is 2.16. The number of nitrogens with zero attached hydrogens (tertiary/aromatic N) is 2. The highest BCUT2D eigenvalue weighted by molar-refractivity contribution is 8.00. The third-order valence-electron chi connectivity index (χ3n) is 4.36. The fourth-order valence-electron chi connectivity index (χ4n) is 2.94. The van der Waals surface area contributed by atoms with Gasteiger partial charge in [0.15, 0.2) is 0 Å². The Bertz CT molecular complexity index is 643. The molecule has 3 rings (SSSR count). The molecule has 5 heteroatoms. The molecule has 1 amide bonds. The van der Waals surface area contributed by atoms with E-state index in [2.05, 4.69) is 45.4 Å². The Balaban J connectivity index is 1.30. The molecule has 2 aromatic carbocycles. The number of anilines is 1. The monoisotopic (exact) mass is 355 g/mol. The van der Waals surface area contributed by atoms with Crippen molar-refractivity contribution in [3.8, 4) is 0 Å². The van der Waals surface area contributed by atoms with Crippen molar-refractivity contribution < 1.29 is 4.79 Å². The normalized spacial score (nSPS) is 15.1. The minimum atomic E-state index is 0.108. The molecule has 2 aromatic rings. The summed E-state index contributed by atoms with van der Waals surface area (Å²) in [7, 11) is 0. The number of thioether (sulfide) groups is 1. The number of hydrogen-bond acceptors (Lipinski definition) is 4. The van der Waals surface area contributed by atoms with Crippen molar-refractivity contribution in [3.63, 3.8) is 0 Å². The molecule has 1 saturated heterocycles. The van der Waals surface area contributed by atoms with E-state index in [1.165, 1.54) is 5.69 Å². The van der Waals surface area contributed by atoms with Crippen LogP contribution < -0.4 is 10.2 Å². The average molecular weight is 356 g/mol. The maximum Gasteiger partial charge on any atom is 0.230 e. The van der Waals surface area contributed by atoms with Crippen molar-refractivity contribution in [2.75, 3.05) is 49.9 Å². The maximum absolute atomic E-state index is 11.9. The van der Waals surface area contributed by atoms with Crippen LogP contribution in [0.4, 0.5) is 5.69 Å². The smallest absolute Gasteiger partial charge is 0.230 e. The summed E-state index contributed by atoms with van der Waals surface area (Å²) in [4.78, 5) is 17.9. The van der Waals surface area contributed by atoms with Crippen molar-refractivity contribution in [2.45, 2.75) is 4.90 Å². The van der Waals surface area contributed by atoms with E-state index in [0.29, 0.717) is 5.75 Å². The molecule has 0 spiro atoms. The molecule has 1 heterocycles. The Hall–Kier alpha value is -1.98. The average Bonchev–Trinajstić information content (AvgIpc) is 2.68. The number of benzene rings is 2. The zero-order valence-corrected chi connectivity index (χ0v) is 15.3. The predicted molar refractivity (Wildman–Crippen MR) is 105 cm³/mol. The van der Waals surface area contributed by atoms with Crippen LogP contribution in [0.1, 0.15) is 0 Å². The molecule has 4 nitrogen and oxygen atoms in total. The van der Waals surface area contributed by atoms with Gasteiger partial charge < -0.3 is 10.2 Å². The first-order valence-electron chi connectivity index (χ1n) is 8.78. The van der Waals surface area contributed by atoms with Gasteiger partial charge in [-0.2, -0.15) is 0 Å². The molecule has 0 unspecified atom stereocenters. The lowest BCUT2D eigenvalue weighted by Gasteiger charge is -2.36. The lowest BCUT2D eigenvalue weighted by atomic mass is 10.2. The Morgan fingerprint density at radius 1 is 0.920 bits per heavy atom. The van der Waals surface area contributed by atoms with Crippen LogP contribution in [0.2, 0.25) is 0 Å². The van der Waals surface area contributed by atoms with Crippen LogP contribution in [0, 0.1) is 0 Å². The Morgan fingerprint density at radius 2 is 1.56 bits per heavy atom. The lowest BCUT2D eigenvalue weighted by Crippen LogP contribution is -2.48. The Morgan fingerprint density at radius 3 is 2.24 bits per heavy atom. The minimum absolute atomic E-state index is 0.108. The number of carbonyl (C=O) groups is 1. The second-order valence-corrected chi connectivity index (χ2v) is 7.16. The molecule has 1 aliphatic rings. The molecule has 1 N–H and O–H groups in total. The molecule has 0 radical (unpaired) electrons. The van der Waals surface area contributed by atoms with Gasteiger partial charge in [-0.15, -0.1) is 11.8 Å². The van der Waals surface area contributed by atoms with Crippen LogP contribution in [0.25, 0.3) is 0 Å². The van der Waals surface area contributed by atoms with E-state index in [-0.39, 0.29) is 5.91 Å². The first kappa shape index (κ1) is 17.8. The van der Waals surface area contributed by atoms with Gasteiger partial charge in [0.25, 0.3) is 0 Å². The number of piperazine rings is 1. The van der Waals surface area contributed by atoms with Crippen LogP contribution in [-0.2, 0) is 4.79 Å². The fourth-order valence-corrected chi connectivity index (χ4v) is 3.69. The summed E-state index contributed by atoms with van der Waals surface area (Å²) < 4.78 is 0. The number of hydrogen-bond donors (Lipinski definition) is 1. The summed E-state index contributed by atoms with van der Waals surface area (Å²) in [6, 6.07) is 20.6. The van der Waals surface area contributed by atoms with Crippen molar-refractivity contribution in [2.24, 2.45) is 0 Å². The van der Waals surface area contributed by atoms with Crippen molar-refractivity contribution in [1.82, 2.24) is 10.2 Å². The zero-order chi connectivity index (χ0) is 17.3. The molecule has 0 atom stereocenters. The first-order chi connectivity index (χ1) is 12.3. The van der Waals surface area contributed by atoms with Gasteiger partial charge in [0.05, 0.1) is 5.75 Å². The highest BCUT2D eigenvalue weighted by Gasteiger charge is 2.16. The van der Waals surface area contributed by atoms with E-state index in [4.69, 9.17) is 0 Å². The molecular formula is C20H25N3OS. The SMILES string of the molecule is O=C(CSc1ccccc1)NCCN1CCN(c2ccccc2)CC1. The topological polar surface area (TPSA) is 35.6 Å². The summed E-state index contributed by atoms with van der Waals surface area (Å²) in [5, 5.41) is 3.03. The van der Waals surface area contributed by atoms with Gasteiger partial charge in [0.1, 0.15) is 0 Å². The second-order valence-electron chi connectivity index (χ2n) is 6.12. The summed E-state index contributed by atoms with van der Waals surface area (Å²) >= 11 is 1.58. The van der Waals surface area contributed by atoms with Gasteiger partial charge >= 0.3 is 0 Å². The molecule has 0 aromatic heterocycles. The van der Waals surface area contributed by atoms with Gasteiger partial charge in [-0.3, -0.25) is 9.69 Å². The maximum atomic E-state index is 11.9. The van der Waals surface area contributed by atoms with Crippen LogP contribution in [-0.4, -0.2) is 55.8 Å². The number of rotatable bonds is 7. The summed E-state index contributed by atoms with van der Waals surface area (Å²) in [6.45, 7) is 5.82. The van der Waals surface area contributed by atoms with Gasteiger partial charge in [0, 0.05) is 49.9 Å². The van der Waals surface area contributed by atoms with E-state index in [1.54, 1.807) is 11.8 Å². The van der Waals surface area contributed by atoms with Gasteiger partial charge in [-0.05, 0) is 24.3 Å². The molecular weight excluding hydrogens is 330 g/mol.